The van der Waals surface area contributed by atoms with Gasteiger partial charge in [-0.05, 0) is 23.4 Å². The van der Waals surface area contributed by atoms with Gasteiger partial charge in [0.05, 0.1) is 11.4 Å². The molecule has 2 aromatic rings. The van der Waals surface area contributed by atoms with Crippen LogP contribution in [0, 0.1) is 5.82 Å². The molecule has 2 aliphatic rings. The molecular weight excluding hydrogens is 367 g/mol. The minimum Gasteiger partial charge on any atom is -0.472 e. The van der Waals surface area contributed by atoms with Crippen LogP contribution >= 0.6 is 0 Å². The Bertz CT molecular complexity index is 863. The SMILES string of the molecule is CC(=O)N1CCN(c2ccc(C3=CC(COc4ccon4)ON3)cc2F)CC1. The molecule has 0 spiro atoms. The zero-order chi connectivity index (χ0) is 19.5. The Hall–Kier alpha value is -3.07. The topological polar surface area (TPSA) is 80.1 Å². The van der Waals surface area contributed by atoms with Crippen molar-refractivity contribution < 1.29 is 23.3 Å². The quantitative estimate of drug-likeness (QED) is 0.837. The fraction of sp³-hybridized carbons (Fsp3) is 0.368. The summed E-state index contributed by atoms with van der Waals surface area (Å²) in [6.07, 6.45) is 2.93. The van der Waals surface area contributed by atoms with Gasteiger partial charge in [0, 0.05) is 44.7 Å². The molecule has 1 atom stereocenters. The minimum absolute atomic E-state index is 0.0526. The van der Waals surface area contributed by atoms with Gasteiger partial charge in [-0.2, -0.15) is 0 Å². The average Bonchev–Trinajstić information content (AvgIpc) is 3.38. The maximum Gasteiger partial charge on any atom is 0.254 e. The number of aromatic nitrogens is 1. The lowest BCUT2D eigenvalue weighted by Crippen LogP contribution is -2.48. The number of hydrogen-bond donors (Lipinski definition) is 1. The largest absolute Gasteiger partial charge is 0.472 e. The van der Waals surface area contributed by atoms with E-state index in [2.05, 4.69) is 10.6 Å². The zero-order valence-corrected chi connectivity index (χ0v) is 15.4. The monoisotopic (exact) mass is 388 g/mol. The highest BCUT2D eigenvalue weighted by atomic mass is 19.1. The molecule has 0 radical (unpaired) electrons. The van der Waals surface area contributed by atoms with E-state index in [1.54, 1.807) is 24.0 Å². The van der Waals surface area contributed by atoms with Gasteiger partial charge in [0.25, 0.3) is 5.88 Å². The molecule has 1 unspecified atom stereocenters. The Labute approximate surface area is 161 Å². The second kappa shape index (κ2) is 7.89. The summed E-state index contributed by atoms with van der Waals surface area (Å²) >= 11 is 0. The van der Waals surface area contributed by atoms with Gasteiger partial charge in [-0.15, -0.1) is 0 Å². The van der Waals surface area contributed by atoms with E-state index in [1.165, 1.54) is 12.3 Å². The highest BCUT2D eigenvalue weighted by molar-refractivity contribution is 5.73. The predicted octanol–water partition coefficient (Wildman–Crippen LogP) is 1.81. The lowest BCUT2D eigenvalue weighted by Gasteiger charge is -2.35. The molecule has 2 aliphatic heterocycles. The first kappa shape index (κ1) is 18.3. The van der Waals surface area contributed by atoms with Crippen LogP contribution in [-0.2, 0) is 9.63 Å². The summed E-state index contributed by atoms with van der Waals surface area (Å²) in [4.78, 5) is 20.6. The van der Waals surface area contributed by atoms with Crippen LogP contribution in [-0.4, -0.2) is 54.9 Å². The molecule has 28 heavy (non-hydrogen) atoms. The van der Waals surface area contributed by atoms with E-state index >= 15 is 0 Å². The van der Waals surface area contributed by atoms with Gasteiger partial charge in [0.1, 0.15) is 24.8 Å². The van der Waals surface area contributed by atoms with Crippen molar-refractivity contribution in [3.05, 3.63) is 48.0 Å². The number of anilines is 1. The van der Waals surface area contributed by atoms with Crippen LogP contribution in [0.3, 0.4) is 0 Å². The highest BCUT2D eigenvalue weighted by Gasteiger charge is 2.23. The van der Waals surface area contributed by atoms with E-state index in [4.69, 9.17) is 14.1 Å². The van der Waals surface area contributed by atoms with Crippen molar-refractivity contribution >= 4 is 17.3 Å². The molecule has 0 aliphatic carbocycles. The fourth-order valence-electron chi connectivity index (χ4n) is 3.27. The number of benzene rings is 1. The van der Waals surface area contributed by atoms with Crippen molar-refractivity contribution in [2.75, 3.05) is 37.7 Å². The molecule has 148 valence electrons. The highest BCUT2D eigenvalue weighted by Crippen LogP contribution is 2.26. The van der Waals surface area contributed by atoms with Crippen LogP contribution in [0.15, 0.2) is 41.1 Å². The lowest BCUT2D eigenvalue weighted by atomic mass is 10.1. The number of hydroxylamine groups is 1. The first-order valence-corrected chi connectivity index (χ1v) is 9.07. The molecule has 8 nitrogen and oxygen atoms in total. The zero-order valence-electron chi connectivity index (χ0n) is 15.4. The molecule has 9 heteroatoms. The Kier molecular flexibility index (Phi) is 5.16. The number of hydrogen-bond acceptors (Lipinski definition) is 7. The van der Waals surface area contributed by atoms with E-state index in [-0.39, 0.29) is 24.4 Å². The van der Waals surface area contributed by atoms with E-state index < -0.39 is 0 Å². The van der Waals surface area contributed by atoms with Gasteiger partial charge in [0.2, 0.25) is 5.91 Å². The first-order chi connectivity index (χ1) is 13.6. The van der Waals surface area contributed by atoms with Crippen LogP contribution in [0.4, 0.5) is 10.1 Å². The molecule has 0 saturated carbocycles. The molecule has 1 aromatic carbocycles. The number of ether oxygens (including phenoxy) is 1. The molecule has 3 heterocycles. The van der Waals surface area contributed by atoms with Crippen LogP contribution in [0.1, 0.15) is 12.5 Å². The standard InChI is InChI=1S/C19H21FN4O4/c1-13(25)23-5-7-24(8-6-23)18-3-2-14(10-16(18)20)17-11-15(28-21-17)12-26-19-4-9-27-22-19/h2-4,9-11,15,21H,5-8,12H2,1H3. The van der Waals surface area contributed by atoms with Crippen molar-refractivity contribution in [2.24, 2.45) is 0 Å². The number of nitrogens with zero attached hydrogens (tertiary/aromatic N) is 3. The average molecular weight is 388 g/mol. The second-order valence-corrected chi connectivity index (χ2v) is 6.65. The van der Waals surface area contributed by atoms with Crippen molar-refractivity contribution in [1.82, 2.24) is 15.5 Å². The summed E-state index contributed by atoms with van der Waals surface area (Å²) in [7, 11) is 0. The molecule has 4 rings (SSSR count). The van der Waals surface area contributed by atoms with Crippen molar-refractivity contribution in [3.63, 3.8) is 0 Å². The van der Waals surface area contributed by atoms with Crippen molar-refractivity contribution in [1.29, 1.82) is 0 Å². The Morgan fingerprint density at radius 2 is 2.14 bits per heavy atom. The van der Waals surface area contributed by atoms with Gasteiger partial charge in [-0.3, -0.25) is 15.1 Å². The van der Waals surface area contributed by atoms with Crippen molar-refractivity contribution in [3.8, 4) is 5.88 Å². The summed E-state index contributed by atoms with van der Waals surface area (Å²) in [5, 5.41) is 3.66. The summed E-state index contributed by atoms with van der Waals surface area (Å²) in [5.41, 5.74) is 4.72. The van der Waals surface area contributed by atoms with Gasteiger partial charge >= 0.3 is 0 Å². The minimum atomic E-state index is -0.325. The number of carbonyl (C=O) groups excluding carboxylic acids is 1. The molecule has 1 amide bonds. The Balaban J connectivity index is 1.39. The smallest absolute Gasteiger partial charge is 0.254 e. The number of halogens is 1. The van der Waals surface area contributed by atoms with Crippen molar-refractivity contribution in [2.45, 2.75) is 13.0 Å². The molecule has 1 aromatic heterocycles. The number of rotatable bonds is 5. The lowest BCUT2D eigenvalue weighted by molar-refractivity contribution is -0.129. The number of piperazine rings is 1. The van der Waals surface area contributed by atoms with Gasteiger partial charge in [0.15, 0.2) is 0 Å². The Morgan fingerprint density at radius 3 is 2.82 bits per heavy atom. The molecular formula is C19H21FN4O4. The fourth-order valence-corrected chi connectivity index (χ4v) is 3.27. The third-order valence-corrected chi connectivity index (χ3v) is 4.81. The third-order valence-electron chi connectivity index (χ3n) is 4.81. The van der Waals surface area contributed by atoms with Gasteiger partial charge < -0.3 is 19.1 Å². The van der Waals surface area contributed by atoms with Crippen LogP contribution < -0.4 is 15.1 Å². The molecule has 1 saturated heterocycles. The number of carbonyl (C=O) groups is 1. The van der Waals surface area contributed by atoms with Crippen LogP contribution in [0.25, 0.3) is 5.70 Å². The number of nitrogens with one attached hydrogen (secondary N) is 1. The normalized spacial score (nSPS) is 19.4. The summed E-state index contributed by atoms with van der Waals surface area (Å²) in [5.74, 6) is 0.126. The summed E-state index contributed by atoms with van der Waals surface area (Å²) < 4.78 is 24.9. The number of amides is 1. The molecule has 1 N–H and O–H groups in total. The molecule has 1 fully saturated rings. The van der Waals surface area contributed by atoms with E-state index in [1.807, 2.05) is 17.0 Å². The molecule has 0 bridgehead atoms. The Morgan fingerprint density at radius 1 is 1.32 bits per heavy atom. The summed E-state index contributed by atoms with van der Waals surface area (Å²) in [6.45, 7) is 4.24. The third kappa shape index (κ3) is 3.94. The maximum absolute atomic E-state index is 14.7. The first-order valence-electron chi connectivity index (χ1n) is 9.07. The predicted molar refractivity (Wildman–Crippen MR) is 98.9 cm³/mol. The van der Waals surface area contributed by atoms with Gasteiger partial charge in [-0.1, -0.05) is 6.07 Å². The summed E-state index contributed by atoms with van der Waals surface area (Å²) in [6, 6.07) is 6.70. The maximum atomic E-state index is 14.7. The van der Waals surface area contributed by atoms with Crippen LogP contribution in [0.5, 0.6) is 5.88 Å². The van der Waals surface area contributed by atoms with Crippen LogP contribution in [0.2, 0.25) is 0 Å². The second-order valence-electron chi connectivity index (χ2n) is 6.65. The van der Waals surface area contributed by atoms with Gasteiger partial charge in [-0.25, -0.2) is 4.39 Å². The van der Waals surface area contributed by atoms with E-state index in [0.717, 1.165) is 0 Å². The van der Waals surface area contributed by atoms with E-state index in [0.29, 0.717) is 49.0 Å². The van der Waals surface area contributed by atoms with E-state index in [9.17, 15) is 9.18 Å².